The van der Waals surface area contributed by atoms with Gasteiger partial charge in [0.15, 0.2) is 0 Å². The highest BCUT2D eigenvalue weighted by Crippen LogP contribution is 2.33. The zero-order valence-corrected chi connectivity index (χ0v) is 20.4. The van der Waals surface area contributed by atoms with E-state index in [1.54, 1.807) is 6.33 Å². The van der Waals surface area contributed by atoms with Crippen molar-refractivity contribution in [1.82, 2.24) is 15.0 Å². The van der Waals surface area contributed by atoms with Gasteiger partial charge in [0.05, 0.1) is 17.9 Å². The molecule has 6 heteroatoms. The Hall–Kier alpha value is -3.28. The molecule has 3 heterocycles. The Morgan fingerprint density at radius 1 is 1.09 bits per heavy atom. The Bertz CT molecular complexity index is 1170. The van der Waals surface area contributed by atoms with Gasteiger partial charge in [0.1, 0.15) is 24.5 Å². The van der Waals surface area contributed by atoms with Crippen LogP contribution in [0.25, 0.3) is 11.1 Å². The molecule has 6 nitrogen and oxygen atoms in total. The molecule has 0 saturated carbocycles. The summed E-state index contributed by atoms with van der Waals surface area (Å²) in [5.74, 6) is 1.92. The number of anilines is 1. The summed E-state index contributed by atoms with van der Waals surface area (Å²) in [6, 6.07) is 8.53. The van der Waals surface area contributed by atoms with Gasteiger partial charge >= 0.3 is 0 Å². The molecule has 1 aliphatic heterocycles. The molecule has 0 unspecified atom stereocenters. The molecule has 0 bridgehead atoms. The van der Waals surface area contributed by atoms with Gasteiger partial charge < -0.3 is 9.64 Å². The van der Waals surface area contributed by atoms with E-state index in [1.807, 2.05) is 13.1 Å². The van der Waals surface area contributed by atoms with E-state index in [0.717, 1.165) is 89.0 Å². The van der Waals surface area contributed by atoms with Crippen LogP contribution in [0.3, 0.4) is 0 Å². The van der Waals surface area contributed by atoms with Crippen LogP contribution in [0.2, 0.25) is 0 Å². The number of hydrogen-bond donors (Lipinski definition) is 0. The van der Waals surface area contributed by atoms with Gasteiger partial charge in [0, 0.05) is 40.8 Å². The number of nitrogens with zero attached hydrogens (tertiary/aromatic N) is 5. The predicted molar refractivity (Wildman–Crippen MR) is 135 cm³/mol. The first-order valence-corrected chi connectivity index (χ1v) is 11.8. The van der Waals surface area contributed by atoms with Gasteiger partial charge in [0.2, 0.25) is 0 Å². The van der Waals surface area contributed by atoms with Crippen molar-refractivity contribution in [2.75, 3.05) is 18.1 Å². The smallest absolute Gasteiger partial charge is 0.135 e. The van der Waals surface area contributed by atoms with Crippen LogP contribution in [0.4, 0.5) is 11.5 Å². The van der Waals surface area contributed by atoms with Gasteiger partial charge in [-0.05, 0) is 57.4 Å². The average molecular weight is 444 g/mol. The lowest BCUT2D eigenvalue weighted by atomic mass is 10.0. The second-order valence-corrected chi connectivity index (χ2v) is 8.64. The van der Waals surface area contributed by atoms with E-state index in [-0.39, 0.29) is 0 Å². The summed E-state index contributed by atoms with van der Waals surface area (Å²) in [6.45, 7) is 12.7. The molecular formula is C27H33N5O. The van der Waals surface area contributed by atoms with Crippen LogP contribution in [0.1, 0.15) is 56.1 Å². The third-order valence-electron chi connectivity index (χ3n) is 6.15. The highest BCUT2D eigenvalue weighted by atomic mass is 16.5. The normalized spacial score (nSPS) is 14.0. The lowest BCUT2D eigenvalue weighted by molar-refractivity contribution is 0.331. The standard InChI is InChI=1S/C27H33N5O/c1-6-8-18(3)31-25-14-22(15-28-20(25)5)21-9-10-26-23(13-21)16-32(11-12-33-26)27-19(4)24(7-2)29-17-30-27/h9-10,13-15,17H,6-8,11-12,16H2,1-5H3. The van der Waals surface area contributed by atoms with Crippen LogP contribution in [0.5, 0.6) is 5.75 Å². The SMILES string of the molecule is CCCC(C)=Nc1cc(-c2ccc3c(c2)CN(c2ncnc(CC)c2C)CCO3)cnc1C. The summed E-state index contributed by atoms with van der Waals surface area (Å²) < 4.78 is 6.09. The minimum Gasteiger partial charge on any atom is -0.491 e. The molecule has 0 atom stereocenters. The minimum atomic E-state index is 0.624. The van der Waals surface area contributed by atoms with E-state index in [0.29, 0.717) is 6.61 Å². The Balaban J connectivity index is 1.67. The van der Waals surface area contributed by atoms with Crippen molar-refractivity contribution in [3.05, 3.63) is 59.3 Å². The van der Waals surface area contributed by atoms with Crippen LogP contribution in [0.15, 0.2) is 41.8 Å². The quantitative estimate of drug-likeness (QED) is 0.437. The van der Waals surface area contributed by atoms with Gasteiger partial charge in [0.25, 0.3) is 0 Å². The van der Waals surface area contributed by atoms with Gasteiger partial charge in [-0.3, -0.25) is 9.98 Å². The summed E-state index contributed by atoms with van der Waals surface area (Å²) >= 11 is 0. The van der Waals surface area contributed by atoms with Crippen LogP contribution in [-0.2, 0) is 13.0 Å². The van der Waals surface area contributed by atoms with Crippen LogP contribution in [0, 0.1) is 13.8 Å². The number of fused-ring (bicyclic) bond motifs is 1. The molecule has 0 fully saturated rings. The van der Waals surface area contributed by atoms with Crippen molar-refractivity contribution in [2.24, 2.45) is 4.99 Å². The van der Waals surface area contributed by atoms with E-state index in [2.05, 4.69) is 71.8 Å². The van der Waals surface area contributed by atoms with Gasteiger partial charge in [-0.15, -0.1) is 0 Å². The maximum atomic E-state index is 6.09. The molecule has 0 amide bonds. The number of hydrogen-bond acceptors (Lipinski definition) is 6. The summed E-state index contributed by atoms with van der Waals surface area (Å²) in [5.41, 5.74) is 8.59. The van der Waals surface area contributed by atoms with Crippen molar-refractivity contribution in [3.8, 4) is 16.9 Å². The lowest BCUT2D eigenvalue weighted by Gasteiger charge is -2.23. The van der Waals surface area contributed by atoms with Crippen LogP contribution < -0.4 is 9.64 Å². The Kier molecular flexibility index (Phi) is 7.02. The largest absolute Gasteiger partial charge is 0.491 e. The monoisotopic (exact) mass is 443 g/mol. The molecule has 1 aromatic carbocycles. The first-order valence-electron chi connectivity index (χ1n) is 11.8. The molecule has 1 aliphatic rings. The summed E-state index contributed by atoms with van der Waals surface area (Å²) in [6.07, 6.45) is 6.59. The summed E-state index contributed by atoms with van der Waals surface area (Å²) in [5, 5.41) is 0. The number of aryl methyl sites for hydroxylation is 2. The molecule has 33 heavy (non-hydrogen) atoms. The topological polar surface area (TPSA) is 63.5 Å². The molecule has 2 aromatic heterocycles. The fraction of sp³-hybridized carbons (Fsp3) is 0.407. The maximum absolute atomic E-state index is 6.09. The summed E-state index contributed by atoms with van der Waals surface area (Å²) in [7, 11) is 0. The van der Waals surface area contributed by atoms with Gasteiger partial charge in [-0.25, -0.2) is 9.97 Å². The lowest BCUT2D eigenvalue weighted by Crippen LogP contribution is -2.27. The fourth-order valence-electron chi connectivity index (χ4n) is 4.32. The molecule has 0 radical (unpaired) electrons. The second-order valence-electron chi connectivity index (χ2n) is 8.64. The third-order valence-corrected chi connectivity index (χ3v) is 6.15. The molecule has 0 saturated heterocycles. The summed E-state index contributed by atoms with van der Waals surface area (Å²) in [4.78, 5) is 20.8. The highest BCUT2D eigenvalue weighted by molar-refractivity contribution is 5.85. The van der Waals surface area contributed by atoms with E-state index >= 15 is 0 Å². The van der Waals surface area contributed by atoms with Crippen molar-refractivity contribution in [1.29, 1.82) is 0 Å². The predicted octanol–water partition coefficient (Wildman–Crippen LogP) is 6.01. The van der Waals surface area contributed by atoms with Crippen LogP contribution in [-0.4, -0.2) is 33.8 Å². The number of aromatic nitrogens is 3. The Morgan fingerprint density at radius 3 is 2.73 bits per heavy atom. The third kappa shape index (κ3) is 5.05. The zero-order chi connectivity index (χ0) is 23.4. The molecule has 0 N–H and O–H groups in total. The van der Waals surface area contributed by atoms with Crippen molar-refractivity contribution in [2.45, 2.75) is 60.4 Å². The van der Waals surface area contributed by atoms with Crippen molar-refractivity contribution >= 4 is 17.2 Å². The maximum Gasteiger partial charge on any atom is 0.135 e. The highest BCUT2D eigenvalue weighted by Gasteiger charge is 2.20. The fourth-order valence-corrected chi connectivity index (χ4v) is 4.32. The number of ether oxygens (including phenoxy) is 1. The van der Waals surface area contributed by atoms with Crippen molar-refractivity contribution < 1.29 is 4.74 Å². The molecular weight excluding hydrogens is 410 g/mol. The van der Waals surface area contributed by atoms with E-state index in [9.17, 15) is 0 Å². The molecule has 3 aromatic rings. The zero-order valence-electron chi connectivity index (χ0n) is 20.4. The van der Waals surface area contributed by atoms with Gasteiger partial charge in [-0.2, -0.15) is 0 Å². The molecule has 172 valence electrons. The Morgan fingerprint density at radius 2 is 1.94 bits per heavy atom. The van der Waals surface area contributed by atoms with E-state index in [1.165, 1.54) is 0 Å². The van der Waals surface area contributed by atoms with E-state index < -0.39 is 0 Å². The first kappa shape index (κ1) is 22.9. The van der Waals surface area contributed by atoms with Crippen LogP contribution >= 0.6 is 0 Å². The van der Waals surface area contributed by atoms with Gasteiger partial charge in [-0.1, -0.05) is 26.3 Å². The second kappa shape index (κ2) is 10.1. The molecule has 4 rings (SSSR count). The minimum absolute atomic E-state index is 0.624. The number of aliphatic imine (C=N–C) groups is 1. The Labute approximate surface area is 196 Å². The van der Waals surface area contributed by atoms with Crippen molar-refractivity contribution in [3.63, 3.8) is 0 Å². The number of pyridine rings is 1. The number of benzene rings is 1. The number of rotatable bonds is 6. The molecule has 0 spiro atoms. The van der Waals surface area contributed by atoms with E-state index in [4.69, 9.17) is 9.73 Å². The average Bonchev–Trinajstić information content (AvgIpc) is 3.02. The molecule has 0 aliphatic carbocycles. The first-order chi connectivity index (χ1) is 16.0.